The number of ether oxygens (including phenoxy) is 3. The summed E-state index contributed by atoms with van der Waals surface area (Å²) >= 11 is 0. The predicted molar refractivity (Wildman–Crippen MR) is 61.6 cm³/mol. The Hall–Kier alpha value is -0.160. The molecular weight excluding hydrogens is 206 g/mol. The molecule has 0 aromatic heterocycles. The van der Waals surface area contributed by atoms with Crippen LogP contribution in [-0.4, -0.2) is 52.2 Å². The molecule has 1 heterocycles. The summed E-state index contributed by atoms with van der Waals surface area (Å²) in [5.74, 6) is 0.802. The van der Waals surface area contributed by atoms with E-state index in [1.807, 2.05) is 0 Å². The number of methoxy groups -OCH3 is 2. The first-order chi connectivity index (χ1) is 7.79. The van der Waals surface area contributed by atoms with E-state index in [-0.39, 0.29) is 5.60 Å². The standard InChI is InChI=1S/C12H23NO3/c1-14-7-11(10-3-4-10)13-8-12(15-2)5-6-16-9-12/h10-11,13H,3-9H2,1-2H3. The summed E-state index contributed by atoms with van der Waals surface area (Å²) < 4.78 is 16.3. The van der Waals surface area contributed by atoms with Gasteiger partial charge in [-0.05, 0) is 18.8 Å². The highest BCUT2D eigenvalue weighted by Gasteiger charge is 2.37. The molecule has 0 amide bonds. The van der Waals surface area contributed by atoms with Gasteiger partial charge in [-0.3, -0.25) is 0 Å². The third-order valence-electron chi connectivity index (χ3n) is 3.72. The molecule has 2 rings (SSSR count). The normalized spacial score (nSPS) is 31.9. The summed E-state index contributed by atoms with van der Waals surface area (Å²) in [5, 5.41) is 3.59. The molecule has 1 saturated carbocycles. The molecule has 4 nitrogen and oxygen atoms in total. The Morgan fingerprint density at radius 3 is 2.75 bits per heavy atom. The maximum atomic E-state index is 5.60. The summed E-state index contributed by atoms with van der Waals surface area (Å²) in [5.41, 5.74) is -0.110. The molecule has 16 heavy (non-hydrogen) atoms. The molecule has 1 N–H and O–H groups in total. The molecule has 2 aliphatic rings. The van der Waals surface area contributed by atoms with Crippen LogP contribution in [0, 0.1) is 5.92 Å². The van der Waals surface area contributed by atoms with Crippen molar-refractivity contribution in [2.45, 2.75) is 30.9 Å². The van der Waals surface area contributed by atoms with Crippen molar-refractivity contribution in [3.63, 3.8) is 0 Å². The molecule has 0 aromatic rings. The zero-order chi connectivity index (χ0) is 11.4. The summed E-state index contributed by atoms with van der Waals surface area (Å²) in [7, 11) is 3.54. The first-order valence-corrected chi connectivity index (χ1v) is 6.15. The van der Waals surface area contributed by atoms with Crippen LogP contribution < -0.4 is 5.32 Å². The Morgan fingerprint density at radius 1 is 1.44 bits per heavy atom. The SMILES string of the molecule is COCC(NCC1(OC)CCOC1)C1CC1. The quantitative estimate of drug-likeness (QED) is 0.701. The first-order valence-electron chi connectivity index (χ1n) is 6.15. The number of nitrogens with one attached hydrogen (secondary N) is 1. The van der Waals surface area contributed by atoms with Crippen molar-refractivity contribution in [3.8, 4) is 0 Å². The average molecular weight is 229 g/mol. The average Bonchev–Trinajstić information content (AvgIpc) is 3.04. The molecule has 1 saturated heterocycles. The fraction of sp³-hybridized carbons (Fsp3) is 1.00. The van der Waals surface area contributed by atoms with Crippen LogP contribution in [-0.2, 0) is 14.2 Å². The summed E-state index contributed by atoms with van der Waals surface area (Å²) in [6.45, 7) is 3.19. The maximum absolute atomic E-state index is 5.60. The summed E-state index contributed by atoms with van der Waals surface area (Å²) in [4.78, 5) is 0. The predicted octanol–water partition coefficient (Wildman–Crippen LogP) is 0.806. The molecule has 2 unspecified atom stereocenters. The van der Waals surface area contributed by atoms with Crippen LogP contribution in [0.25, 0.3) is 0 Å². The van der Waals surface area contributed by atoms with Crippen molar-refractivity contribution >= 4 is 0 Å². The van der Waals surface area contributed by atoms with Crippen molar-refractivity contribution in [1.29, 1.82) is 0 Å². The second-order valence-electron chi connectivity index (χ2n) is 4.97. The van der Waals surface area contributed by atoms with Gasteiger partial charge in [0.2, 0.25) is 0 Å². The van der Waals surface area contributed by atoms with Gasteiger partial charge >= 0.3 is 0 Å². The van der Waals surface area contributed by atoms with Crippen LogP contribution in [0.3, 0.4) is 0 Å². The third kappa shape index (κ3) is 2.94. The van der Waals surface area contributed by atoms with Gasteiger partial charge in [0.1, 0.15) is 5.60 Å². The monoisotopic (exact) mass is 229 g/mol. The third-order valence-corrected chi connectivity index (χ3v) is 3.72. The van der Waals surface area contributed by atoms with Gasteiger partial charge in [-0.15, -0.1) is 0 Å². The van der Waals surface area contributed by atoms with Gasteiger partial charge < -0.3 is 19.5 Å². The van der Waals surface area contributed by atoms with E-state index in [4.69, 9.17) is 14.2 Å². The topological polar surface area (TPSA) is 39.7 Å². The lowest BCUT2D eigenvalue weighted by atomic mass is 10.0. The summed E-state index contributed by atoms with van der Waals surface area (Å²) in [6, 6.07) is 0.484. The molecule has 4 heteroatoms. The molecule has 2 atom stereocenters. The van der Waals surface area contributed by atoms with E-state index >= 15 is 0 Å². The molecule has 1 aliphatic carbocycles. The fourth-order valence-electron chi connectivity index (χ4n) is 2.32. The lowest BCUT2D eigenvalue weighted by Gasteiger charge is -2.29. The van der Waals surface area contributed by atoms with Crippen LogP contribution in [0.5, 0.6) is 0 Å². The van der Waals surface area contributed by atoms with Gasteiger partial charge in [0.05, 0.1) is 13.2 Å². The second-order valence-corrected chi connectivity index (χ2v) is 4.97. The summed E-state index contributed by atoms with van der Waals surface area (Å²) in [6.07, 6.45) is 3.65. The van der Waals surface area contributed by atoms with Gasteiger partial charge in [-0.2, -0.15) is 0 Å². The van der Waals surface area contributed by atoms with Crippen molar-refractivity contribution in [1.82, 2.24) is 5.32 Å². The van der Waals surface area contributed by atoms with Crippen LogP contribution in [0.15, 0.2) is 0 Å². The minimum atomic E-state index is -0.110. The van der Waals surface area contributed by atoms with Gasteiger partial charge in [0.15, 0.2) is 0 Å². The Bertz CT molecular complexity index is 212. The lowest BCUT2D eigenvalue weighted by Crippen LogP contribution is -2.48. The highest BCUT2D eigenvalue weighted by Crippen LogP contribution is 2.33. The minimum absolute atomic E-state index is 0.110. The molecule has 1 aliphatic heterocycles. The first kappa shape index (κ1) is 12.3. The molecule has 0 aromatic carbocycles. The zero-order valence-electron chi connectivity index (χ0n) is 10.3. The number of hydrogen-bond acceptors (Lipinski definition) is 4. The fourth-order valence-corrected chi connectivity index (χ4v) is 2.32. The Balaban J connectivity index is 1.79. The largest absolute Gasteiger partial charge is 0.383 e. The Morgan fingerprint density at radius 2 is 2.25 bits per heavy atom. The highest BCUT2D eigenvalue weighted by atomic mass is 16.5. The molecule has 2 fully saturated rings. The van der Waals surface area contributed by atoms with Crippen LogP contribution in [0.2, 0.25) is 0 Å². The van der Waals surface area contributed by atoms with Crippen molar-refractivity contribution in [3.05, 3.63) is 0 Å². The maximum Gasteiger partial charge on any atom is 0.106 e. The van der Waals surface area contributed by atoms with Crippen LogP contribution in [0.1, 0.15) is 19.3 Å². The molecule has 0 spiro atoms. The lowest BCUT2D eigenvalue weighted by molar-refractivity contribution is -0.0197. The van der Waals surface area contributed by atoms with Crippen molar-refractivity contribution < 1.29 is 14.2 Å². The molecular formula is C12H23NO3. The second kappa shape index (κ2) is 5.45. The zero-order valence-corrected chi connectivity index (χ0v) is 10.3. The molecule has 94 valence electrons. The number of hydrogen-bond donors (Lipinski definition) is 1. The van der Waals surface area contributed by atoms with Crippen LogP contribution >= 0.6 is 0 Å². The van der Waals surface area contributed by atoms with E-state index in [0.717, 1.165) is 32.1 Å². The van der Waals surface area contributed by atoms with Gasteiger partial charge in [-0.25, -0.2) is 0 Å². The van der Waals surface area contributed by atoms with E-state index in [9.17, 15) is 0 Å². The minimum Gasteiger partial charge on any atom is -0.383 e. The van der Waals surface area contributed by atoms with Gasteiger partial charge in [-0.1, -0.05) is 0 Å². The van der Waals surface area contributed by atoms with Crippen molar-refractivity contribution in [2.24, 2.45) is 5.92 Å². The van der Waals surface area contributed by atoms with E-state index < -0.39 is 0 Å². The number of rotatable bonds is 7. The van der Waals surface area contributed by atoms with Gasteiger partial charge in [0, 0.05) is 39.8 Å². The van der Waals surface area contributed by atoms with Crippen molar-refractivity contribution in [2.75, 3.05) is 40.6 Å². The highest BCUT2D eigenvalue weighted by molar-refractivity contribution is 4.92. The van der Waals surface area contributed by atoms with E-state index in [0.29, 0.717) is 12.6 Å². The smallest absolute Gasteiger partial charge is 0.106 e. The van der Waals surface area contributed by atoms with Crippen LogP contribution in [0.4, 0.5) is 0 Å². The Labute approximate surface area is 97.6 Å². The van der Waals surface area contributed by atoms with E-state index in [1.54, 1.807) is 14.2 Å². The molecule has 0 radical (unpaired) electrons. The van der Waals surface area contributed by atoms with Gasteiger partial charge in [0.25, 0.3) is 0 Å². The molecule has 0 bridgehead atoms. The Kier molecular flexibility index (Phi) is 4.19. The van der Waals surface area contributed by atoms with E-state index in [2.05, 4.69) is 5.32 Å². The van der Waals surface area contributed by atoms with E-state index in [1.165, 1.54) is 12.8 Å².